The summed E-state index contributed by atoms with van der Waals surface area (Å²) in [6, 6.07) is 6.04. The fraction of sp³-hybridized carbons (Fsp3) is 0.417. The zero-order valence-electron chi connectivity index (χ0n) is 9.75. The van der Waals surface area contributed by atoms with Crippen molar-refractivity contribution in [3.63, 3.8) is 0 Å². The summed E-state index contributed by atoms with van der Waals surface area (Å²) in [6.07, 6.45) is 0. The molecule has 0 bridgehead atoms. The summed E-state index contributed by atoms with van der Waals surface area (Å²) in [6.45, 7) is 4.96. The molecule has 0 saturated carbocycles. The van der Waals surface area contributed by atoms with E-state index in [0.717, 1.165) is 16.9 Å². The second-order valence-electron chi connectivity index (χ2n) is 3.67. The first-order valence-corrected chi connectivity index (χ1v) is 5.30. The molecule has 3 N–H and O–H groups in total. The largest absolute Gasteiger partial charge is 0.491 e. The summed E-state index contributed by atoms with van der Waals surface area (Å²) in [5.41, 5.74) is 7.41. The fourth-order valence-electron chi connectivity index (χ4n) is 1.29. The van der Waals surface area contributed by atoms with E-state index in [1.807, 2.05) is 32.0 Å². The average molecular weight is 222 g/mol. The molecule has 0 saturated heterocycles. The Kier molecular flexibility index (Phi) is 4.79. The number of aryl methyl sites for hydroxylation is 2. The van der Waals surface area contributed by atoms with Gasteiger partial charge in [-0.2, -0.15) is 0 Å². The molecule has 4 nitrogen and oxygen atoms in total. The topological polar surface area (TPSA) is 64.3 Å². The summed E-state index contributed by atoms with van der Waals surface area (Å²) in [5, 5.41) is 2.65. The lowest BCUT2D eigenvalue weighted by Crippen LogP contribution is -2.33. The van der Waals surface area contributed by atoms with Gasteiger partial charge in [-0.1, -0.05) is 12.1 Å². The smallest absolute Gasteiger partial charge is 0.233 e. The molecule has 0 unspecified atom stereocenters. The van der Waals surface area contributed by atoms with Crippen molar-refractivity contribution in [2.24, 2.45) is 5.73 Å². The third kappa shape index (κ3) is 3.90. The number of rotatable bonds is 5. The van der Waals surface area contributed by atoms with Crippen LogP contribution in [0, 0.1) is 13.8 Å². The van der Waals surface area contributed by atoms with Gasteiger partial charge in [0, 0.05) is 0 Å². The lowest BCUT2D eigenvalue weighted by molar-refractivity contribution is -0.119. The van der Waals surface area contributed by atoms with Crippen molar-refractivity contribution in [2.45, 2.75) is 13.8 Å². The van der Waals surface area contributed by atoms with E-state index >= 15 is 0 Å². The maximum absolute atomic E-state index is 10.9. The SMILES string of the molecule is Cc1ccc(C)c(OCCNC(=O)CN)c1. The number of nitrogens with one attached hydrogen (secondary N) is 1. The Hall–Kier alpha value is -1.55. The van der Waals surface area contributed by atoms with Crippen LogP contribution < -0.4 is 15.8 Å². The highest BCUT2D eigenvalue weighted by Gasteiger charge is 2.00. The van der Waals surface area contributed by atoms with Crippen LogP contribution in [0.5, 0.6) is 5.75 Å². The van der Waals surface area contributed by atoms with Gasteiger partial charge in [0.25, 0.3) is 0 Å². The molecule has 1 rings (SSSR count). The molecule has 0 radical (unpaired) electrons. The lowest BCUT2D eigenvalue weighted by atomic mass is 10.1. The van der Waals surface area contributed by atoms with Gasteiger partial charge in [-0.25, -0.2) is 0 Å². The minimum atomic E-state index is -0.162. The molecular weight excluding hydrogens is 204 g/mol. The maximum Gasteiger partial charge on any atom is 0.233 e. The molecule has 88 valence electrons. The number of benzene rings is 1. The quantitative estimate of drug-likeness (QED) is 0.723. The Morgan fingerprint density at radius 1 is 1.44 bits per heavy atom. The van der Waals surface area contributed by atoms with E-state index in [1.54, 1.807) is 0 Å². The monoisotopic (exact) mass is 222 g/mol. The van der Waals surface area contributed by atoms with Gasteiger partial charge >= 0.3 is 0 Å². The van der Waals surface area contributed by atoms with Crippen LogP contribution in [0.1, 0.15) is 11.1 Å². The highest BCUT2D eigenvalue weighted by atomic mass is 16.5. The van der Waals surface area contributed by atoms with Crippen molar-refractivity contribution in [3.05, 3.63) is 29.3 Å². The fourth-order valence-corrected chi connectivity index (χ4v) is 1.29. The first-order chi connectivity index (χ1) is 7.63. The van der Waals surface area contributed by atoms with Crippen molar-refractivity contribution >= 4 is 5.91 Å². The molecule has 0 aromatic heterocycles. The Labute approximate surface area is 95.8 Å². The van der Waals surface area contributed by atoms with Crippen molar-refractivity contribution in [2.75, 3.05) is 19.7 Å². The van der Waals surface area contributed by atoms with E-state index in [0.29, 0.717) is 13.2 Å². The molecule has 0 fully saturated rings. The minimum Gasteiger partial charge on any atom is -0.491 e. The zero-order valence-corrected chi connectivity index (χ0v) is 9.75. The third-order valence-corrected chi connectivity index (χ3v) is 2.21. The van der Waals surface area contributed by atoms with Gasteiger partial charge in [0.1, 0.15) is 12.4 Å². The molecule has 0 aliphatic carbocycles. The molecule has 4 heteroatoms. The summed E-state index contributed by atoms with van der Waals surface area (Å²) in [7, 11) is 0. The highest BCUT2D eigenvalue weighted by molar-refractivity contribution is 5.77. The number of carbonyl (C=O) groups excluding carboxylic acids is 1. The second kappa shape index (κ2) is 6.12. The number of carbonyl (C=O) groups is 1. The lowest BCUT2D eigenvalue weighted by Gasteiger charge is -2.10. The van der Waals surface area contributed by atoms with Gasteiger partial charge in [0.05, 0.1) is 13.1 Å². The molecule has 0 heterocycles. The van der Waals surface area contributed by atoms with Gasteiger partial charge in [-0.05, 0) is 31.0 Å². The van der Waals surface area contributed by atoms with Crippen molar-refractivity contribution in [1.82, 2.24) is 5.32 Å². The Morgan fingerprint density at radius 3 is 2.88 bits per heavy atom. The normalized spacial score (nSPS) is 9.94. The van der Waals surface area contributed by atoms with Gasteiger partial charge in [0.15, 0.2) is 0 Å². The molecule has 1 aromatic carbocycles. The highest BCUT2D eigenvalue weighted by Crippen LogP contribution is 2.18. The Bertz CT molecular complexity index is 364. The second-order valence-corrected chi connectivity index (χ2v) is 3.67. The standard InChI is InChI=1S/C12H18N2O2/c1-9-3-4-10(2)11(7-9)16-6-5-14-12(15)8-13/h3-4,7H,5-6,8,13H2,1-2H3,(H,14,15). The van der Waals surface area contributed by atoms with Crippen LogP contribution in [0.25, 0.3) is 0 Å². The van der Waals surface area contributed by atoms with Crippen LogP contribution in [0.15, 0.2) is 18.2 Å². The van der Waals surface area contributed by atoms with Crippen LogP contribution in [-0.4, -0.2) is 25.6 Å². The molecule has 1 amide bonds. The third-order valence-electron chi connectivity index (χ3n) is 2.21. The van der Waals surface area contributed by atoms with Crippen LogP contribution in [0.3, 0.4) is 0 Å². The van der Waals surface area contributed by atoms with Crippen LogP contribution in [-0.2, 0) is 4.79 Å². The molecule has 0 spiro atoms. The van der Waals surface area contributed by atoms with E-state index in [9.17, 15) is 4.79 Å². The number of hydrogen-bond acceptors (Lipinski definition) is 3. The van der Waals surface area contributed by atoms with Crippen LogP contribution in [0.4, 0.5) is 0 Å². The summed E-state index contributed by atoms with van der Waals surface area (Å²) < 4.78 is 5.56. The predicted molar refractivity (Wildman–Crippen MR) is 63.5 cm³/mol. The average Bonchev–Trinajstić information content (AvgIpc) is 2.28. The van der Waals surface area contributed by atoms with Gasteiger partial charge in [-0.3, -0.25) is 4.79 Å². The van der Waals surface area contributed by atoms with Crippen molar-refractivity contribution in [3.8, 4) is 5.75 Å². The van der Waals surface area contributed by atoms with E-state index in [1.165, 1.54) is 0 Å². The minimum absolute atomic E-state index is 0.0173. The molecule has 16 heavy (non-hydrogen) atoms. The molecule has 0 aliphatic rings. The van der Waals surface area contributed by atoms with E-state index in [2.05, 4.69) is 5.32 Å². The summed E-state index contributed by atoms with van der Waals surface area (Å²) in [5.74, 6) is 0.701. The first kappa shape index (κ1) is 12.5. The molecular formula is C12H18N2O2. The van der Waals surface area contributed by atoms with E-state index in [4.69, 9.17) is 10.5 Å². The van der Waals surface area contributed by atoms with Gasteiger partial charge in [0.2, 0.25) is 5.91 Å². The Balaban J connectivity index is 2.37. The summed E-state index contributed by atoms with van der Waals surface area (Å²) in [4.78, 5) is 10.9. The first-order valence-electron chi connectivity index (χ1n) is 5.30. The van der Waals surface area contributed by atoms with Gasteiger partial charge in [-0.15, -0.1) is 0 Å². The summed E-state index contributed by atoms with van der Waals surface area (Å²) >= 11 is 0. The zero-order chi connectivity index (χ0) is 12.0. The van der Waals surface area contributed by atoms with Crippen molar-refractivity contribution in [1.29, 1.82) is 0 Å². The molecule has 0 aliphatic heterocycles. The molecule has 1 aromatic rings. The number of hydrogen-bond donors (Lipinski definition) is 2. The number of amides is 1. The molecule has 0 atom stereocenters. The predicted octanol–water partition coefficient (Wildman–Crippen LogP) is 0.757. The van der Waals surface area contributed by atoms with Gasteiger partial charge < -0.3 is 15.8 Å². The van der Waals surface area contributed by atoms with Crippen LogP contribution >= 0.6 is 0 Å². The van der Waals surface area contributed by atoms with Crippen molar-refractivity contribution < 1.29 is 9.53 Å². The Morgan fingerprint density at radius 2 is 2.19 bits per heavy atom. The number of ether oxygens (including phenoxy) is 1. The van der Waals surface area contributed by atoms with E-state index in [-0.39, 0.29) is 12.5 Å². The van der Waals surface area contributed by atoms with E-state index < -0.39 is 0 Å². The number of nitrogens with two attached hydrogens (primary N) is 1. The van der Waals surface area contributed by atoms with Crippen LogP contribution in [0.2, 0.25) is 0 Å². The maximum atomic E-state index is 10.9.